The summed E-state index contributed by atoms with van der Waals surface area (Å²) in [7, 11) is 0. The molecular weight excluding hydrogens is 144 g/mol. The van der Waals surface area contributed by atoms with Crippen LogP contribution in [-0.2, 0) is 0 Å². The van der Waals surface area contributed by atoms with Crippen LogP contribution in [0, 0.1) is 0 Å². The number of hydrogen-bond donors (Lipinski definition) is 2. The van der Waals surface area contributed by atoms with Crippen LogP contribution in [0.2, 0.25) is 0 Å². The van der Waals surface area contributed by atoms with Gasteiger partial charge < -0.3 is 10.6 Å². The third-order valence-electron chi connectivity index (χ3n) is 2.34. The Morgan fingerprint density at radius 3 is 2.70 bits per heavy atom. The molecular formula is C7H14N2S. The van der Waals surface area contributed by atoms with Crippen molar-refractivity contribution in [3.63, 3.8) is 0 Å². The lowest BCUT2D eigenvalue weighted by molar-refractivity contribution is 0.371. The molecule has 0 aromatic heterocycles. The molecule has 0 saturated carbocycles. The highest BCUT2D eigenvalue weighted by Gasteiger charge is 2.37. The van der Waals surface area contributed by atoms with Crippen LogP contribution in [0.1, 0.15) is 6.42 Å². The summed E-state index contributed by atoms with van der Waals surface area (Å²) in [6.07, 6.45) is 1.35. The van der Waals surface area contributed by atoms with Crippen LogP contribution in [0.25, 0.3) is 0 Å². The number of hydrogen-bond acceptors (Lipinski definition) is 3. The highest BCUT2D eigenvalue weighted by molar-refractivity contribution is 8.00. The molecule has 0 aromatic rings. The van der Waals surface area contributed by atoms with Gasteiger partial charge in [0.25, 0.3) is 0 Å². The maximum Gasteiger partial charge on any atom is 0.0421 e. The Labute approximate surface area is 66.1 Å². The Hall–Kier alpha value is 0.270. The topological polar surface area (TPSA) is 24.1 Å². The maximum absolute atomic E-state index is 3.42. The van der Waals surface area contributed by atoms with Crippen molar-refractivity contribution in [1.82, 2.24) is 10.6 Å². The third-order valence-corrected chi connectivity index (χ3v) is 3.85. The zero-order chi connectivity index (χ0) is 6.86. The molecule has 0 aromatic carbocycles. The standard InChI is InChI=1S/C7H14N2S/c1-2-8-3-4-10-7(1)5-9-6-7/h8-9H,1-6H2. The monoisotopic (exact) mass is 158 g/mol. The van der Waals surface area contributed by atoms with E-state index in [1.54, 1.807) is 0 Å². The van der Waals surface area contributed by atoms with E-state index in [-0.39, 0.29) is 0 Å². The highest BCUT2D eigenvalue weighted by atomic mass is 32.2. The fourth-order valence-corrected chi connectivity index (χ4v) is 2.87. The van der Waals surface area contributed by atoms with Gasteiger partial charge in [0.05, 0.1) is 0 Å². The Morgan fingerprint density at radius 1 is 1.10 bits per heavy atom. The summed E-state index contributed by atoms with van der Waals surface area (Å²) >= 11 is 2.15. The van der Waals surface area contributed by atoms with Gasteiger partial charge in [-0.25, -0.2) is 0 Å². The van der Waals surface area contributed by atoms with Crippen LogP contribution in [0.5, 0.6) is 0 Å². The molecule has 2 aliphatic rings. The van der Waals surface area contributed by atoms with E-state index < -0.39 is 0 Å². The van der Waals surface area contributed by atoms with Crippen LogP contribution in [0.4, 0.5) is 0 Å². The fraction of sp³-hybridized carbons (Fsp3) is 1.00. The van der Waals surface area contributed by atoms with Crippen molar-refractivity contribution in [2.75, 3.05) is 31.9 Å². The molecule has 2 fully saturated rings. The second-order valence-corrected chi connectivity index (χ2v) is 4.70. The third kappa shape index (κ3) is 1.18. The first-order chi connectivity index (χ1) is 4.91. The molecule has 2 saturated heterocycles. The summed E-state index contributed by atoms with van der Waals surface area (Å²) in [5.74, 6) is 1.29. The molecule has 0 aliphatic carbocycles. The van der Waals surface area contributed by atoms with Crippen molar-refractivity contribution in [3.05, 3.63) is 0 Å². The SMILES string of the molecule is C1CSC2(CCN1)CNC2. The maximum atomic E-state index is 3.42. The number of nitrogens with one attached hydrogen (secondary N) is 2. The lowest BCUT2D eigenvalue weighted by Gasteiger charge is -2.41. The largest absolute Gasteiger partial charge is 0.316 e. The lowest BCUT2D eigenvalue weighted by Crippen LogP contribution is -2.57. The molecule has 2 nitrogen and oxygen atoms in total. The number of rotatable bonds is 0. The molecule has 3 heteroatoms. The smallest absolute Gasteiger partial charge is 0.0421 e. The van der Waals surface area contributed by atoms with E-state index in [2.05, 4.69) is 22.4 Å². The van der Waals surface area contributed by atoms with E-state index in [1.165, 1.54) is 38.4 Å². The molecule has 0 bridgehead atoms. The van der Waals surface area contributed by atoms with Crippen LogP contribution in [0.15, 0.2) is 0 Å². The van der Waals surface area contributed by atoms with E-state index in [4.69, 9.17) is 0 Å². The van der Waals surface area contributed by atoms with Gasteiger partial charge in [0.15, 0.2) is 0 Å². The Bertz CT molecular complexity index is 113. The Morgan fingerprint density at radius 2 is 2.00 bits per heavy atom. The average molecular weight is 158 g/mol. The van der Waals surface area contributed by atoms with Crippen LogP contribution < -0.4 is 10.6 Å². The van der Waals surface area contributed by atoms with E-state index in [0.29, 0.717) is 4.75 Å². The minimum absolute atomic E-state index is 0.628. The van der Waals surface area contributed by atoms with Gasteiger partial charge in [0, 0.05) is 30.1 Å². The van der Waals surface area contributed by atoms with Crippen molar-refractivity contribution < 1.29 is 0 Å². The second kappa shape index (κ2) is 2.72. The van der Waals surface area contributed by atoms with Gasteiger partial charge in [-0.15, -0.1) is 0 Å². The van der Waals surface area contributed by atoms with Gasteiger partial charge in [0.1, 0.15) is 0 Å². The molecule has 0 radical (unpaired) electrons. The molecule has 0 atom stereocenters. The van der Waals surface area contributed by atoms with Crippen molar-refractivity contribution in [2.45, 2.75) is 11.2 Å². The van der Waals surface area contributed by atoms with E-state index in [0.717, 1.165) is 0 Å². The fourth-order valence-electron chi connectivity index (χ4n) is 1.54. The predicted molar refractivity (Wildman–Crippen MR) is 45.5 cm³/mol. The molecule has 2 N–H and O–H groups in total. The first-order valence-corrected chi connectivity index (χ1v) is 4.95. The van der Waals surface area contributed by atoms with Crippen LogP contribution in [-0.4, -0.2) is 36.7 Å². The van der Waals surface area contributed by atoms with Gasteiger partial charge in [-0.05, 0) is 13.0 Å². The summed E-state index contributed by atoms with van der Waals surface area (Å²) in [6.45, 7) is 4.89. The predicted octanol–water partition coefficient (Wildman–Crippen LogP) is 0.0549. The molecule has 0 amide bonds. The van der Waals surface area contributed by atoms with Gasteiger partial charge in [-0.3, -0.25) is 0 Å². The van der Waals surface area contributed by atoms with Crippen molar-refractivity contribution in [1.29, 1.82) is 0 Å². The number of thioether (sulfide) groups is 1. The first-order valence-electron chi connectivity index (χ1n) is 3.97. The summed E-state index contributed by atoms with van der Waals surface area (Å²) < 4.78 is 0.628. The first kappa shape index (κ1) is 6.95. The average Bonchev–Trinajstić information content (AvgIpc) is 2.08. The summed E-state index contributed by atoms with van der Waals surface area (Å²) in [4.78, 5) is 0. The molecule has 2 heterocycles. The van der Waals surface area contributed by atoms with Crippen molar-refractivity contribution >= 4 is 11.8 Å². The van der Waals surface area contributed by atoms with E-state index in [9.17, 15) is 0 Å². The molecule has 2 aliphatic heterocycles. The van der Waals surface area contributed by atoms with Gasteiger partial charge in [0.2, 0.25) is 0 Å². The lowest BCUT2D eigenvalue weighted by atomic mass is 9.98. The normalized spacial score (nSPS) is 31.2. The quantitative estimate of drug-likeness (QED) is 0.521. The van der Waals surface area contributed by atoms with Crippen molar-refractivity contribution in [2.24, 2.45) is 0 Å². The molecule has 0 unspecified atom stereocenters. The zero-order valence-electron chi connectivity index (χ0n) is 6.15. The Balaban J connectivity index is 1.92. The second-order valence-electron chi connectivity index (χ2n) is 3.14. The Kier molecular flexibility index (Phi) is 1.89. The summed E-state index contributed by atoms with van der Waals surface area (Å²) in [6, 6.07) is 0. The minimum Gasteiger partial charge on any atom is -0.316 e. The zero-order valence-corrected chi connectivity index (χ0v) is 6.97. The van der Waals surface area contributed by atoms with Gasteiger partial charge in [-0.1, -0.05) is 0 Å². The van der Waals surface area contributed by atoms with E-state index in [1.807, 2.05) is 0 Å². The molecule has 10 heavy (non-hydrogen) atoms. The van der Waals surface area contributed by atoms with E-state index >= 15 is 0 Å². The minimum atomic E-state index is 0.628. The summed E-state index contributed by atoms with van der Waals surface area (Å²) in [5, 5.41) is 6.77. The summed E-state index contributed by atoms with van der Waals surface area (Å²) in [5.41, 5.74) is 0. The van der Waals surface area contributed by atoms with Crippen LogP contribution in [0.3, 0.4) is 0 Å². The molecule has 1 spiro atoms. The van der Waals surface area contributed by atoms with Crippen molar-refractivity contribution in [3.8, 4) is 0 Å². The molecule has 2 rings (SSSR count). The highest BCUT2D eigenvalue weighted by Crippen LogP contribution is 2.33. The molecule has 58 valence electrons. The van der Waals surface area contributed by atoms with Gasteiger partial charge in [-0.2, -0.15) is 11.8 Å². The van der Waals surface area contributed by atoms with Gasteiger partial charge >= 0.3 is 0 Å². The van der Waals surface area contributed by atoms with Crippen LogP contribution >= 0.6 is 11.8 Å².